The van der Waals surface area contributed by atoms with E-state index in [0.29, 0.717) is 11.6 Å². The number of Topliss-reactive ketones (excluding diaryl/α,β-unsaturated/α-hetero) is 1. The minimum absolute atomic E-state index is 0.0339. The molecular formula is C19H22N2O. The van der Waals surface area contributed by atoms with Gasteiger partial charge in [0.2, 0.25) is 0 Å². The third-order valence-corrected chi connectivity index (χ3v) is 3.65. The SMILES string of the molecule is CC(=O)c1cccc(/C(C)=N/c2c(C)cccc2C(C)C)n1. The standard InChI is InChI=1S/C19H22N2O/c1-12(2)16-9-6-8-13(3)19(16)20-14(4)17-10-7-11-18(21-17)15(5)22/h6-12H,1-5H3/b20-14+. The molecule has 22 heavy (non-hydrogen) atoms. The Hall–Kier alpha value is -2.29. The van der Waals surface area contributed by atoms with E-state index < -0.39 is 0 Å². The van der Waals surface area contributed by atoms with Gasteiger partial charge in [-0.1, -0.05) is 38.1 Å². The topological polar surface area (TPSA) is 42.3 Å². The van der Waals surface area contributed by atoms with E-state index in [1.165, 1.54) is 12.5 Å². The van der Waals surface area contributed by atoms with E-state index in [9.17, 15) is 4.79 Å². The maximum atomic E-state index is 11.5. The average molecular weight is 294 g/mol. The quantitative estimate of drug-likeness (QED) is 0.597. The lowest BCUT2D eigenvalue weighted by atomic mass is 9.98. The molecule has 0 atom stereocenters. The monoisotopic (exact) mass is 294 g/mol. The summed E-state index contributed by atoms with van der Waals surface area (Å²) in [6.07, 6.45) is 0. The lowest BCUT2D eigenvalue weighted by Gasteiger charge is -2.13. The molecule has 1 aromatic carbocycles. The number of para-hydroxylation sites is 1. The number of ketones is 1. The molecule has 0 N–H and O–H groups in total. The second-order valence-corrected chi connectivity index (χ2v) is 5.83. The number of hydrogen-bond donors (Lipinski definition) is 0. The molecule has 1 heterocycles. The molecule has 1 aromatic heterocycles. The first-order valence-corrected chi connectivity index (χ1v) is 7.53. The van der Waals surface area contributed by atoms with Crippen LogP contribution >= 0.6 is 0 Å². The molecule has 0 amide bonds. The molecule has 0 saturated carbocycles. The molecule has 3 heteroatoms. The molecule has 0 saturated heterocycles. The molecule has 0 radical (unpaired) electrons. The predicted octanol–water partition coefficient (Wildman–Crippen LogP) is 4.86. The number of pyridine rings is 1. The van der Waals surface area contributed by atoms with Crippen molar-refractivity contribution in [3.05, 3.63) is 58.9 Å². The molecule has 0 fully saturated rings. The molecule has 0 aliphatic carbocycles. The van der Waals surface area contributed by atoms with Crippen molar-refractivity contribution in [3.8, 4) is 0 Å². The highest BCUT2D eigenvalue weighted by Gasteiger charge is 2.10. The van der Waals surface area contributed by atoms with Gasteiger partial charge >= 0.3 is 0 Å². The highest BCUT2D eigenvalue weighted by molar-refractivity contribution is 6.00. The number of benzene rings is 1. The van der Waals surface area contributed by atoms with E-state index >= 15 is 0 Å². The average Bonchev–Trinajstić information content (AvgIpc) is 2.49. The molecule has 114 valence electrons. The van der Waals surface area contributed by atoms with Crippen LogP contribution in [0.2, 0.25) is 0 Å². The van der Waals surface area contributed by atoms with E-state index in [1.54, 1.807) is 6.07 Å². The fraction of sp³-hybridized carbons (Fsp3) is 0.316. The van der Waals surface area contributed by atoms with Crippen molar-refractivity contribution in [1.82, 2.24) is 4.98 Å². The van der Waals surface area contributed by atoms with Crippen LogP contribution in [0.15, 0.2) is 41.4 Å². The summed E-state index contributed by atoms with van der Waals surface area (Å²) in [4.78, 5) is 20.7. The van der Waals surface area contributed by atoms with Crippen LogP contribution in [0.3, 0.4) is 0 Å². The smallest absolute Gasteiger partial charge is 0.178 e. The van der Waals surface area contributed by atoms with E-state index in [0.717, 1.165) is 22.7 Å². The number of aliphatic imine (C=N–C) groups is 1. The number of carbonyl (C=O) groups is 1. The van der Waals surface area contributed by atoms with E-state index in [1.807, 2.05) is 19.1 Å². The summed E-state index contributed by atoms with van der Waals surface area (Å²) in [6.45, 7) is 9.85. The Morgan fingerprint density at radius 1 is 1.05 bits per heavy atom. The number of aryl methyl sites for hydroxylation is 1. The van der Waals surface area contributed by atoms with Crippen LogP contribution in [0.4, 0.5) is 5.69 Å². The van der Waals surface area contributed by atoms with Gasteiger partial charge in [-0.25, -0.2) is 4.98 Å². The number of rotatable bonds is 4. The molecule has 0 unspecified atom stereocenters. The molecule has 2 aromatic rings. The minimum Gasteiger partial charge on any atom is -0.293 e. The third kappa shape index (κ3) is 3.48. The lowest BCUT2D eigenvalue weighted by Crippen LogP contribution is -2.04. The van der Waals surface area contributed by atoms with Gasteiger partial charge in [0.05, 0.1) is 17.1 Å². The van der Waals surface area contributed by atoms with Crippen LogP contribution in [0.5, 0.6) is 0 Å². The highest BCUT2D eigenvalue weighted by atomic mass is 16.1. The van der Waals surface area contributed by atoms with Crippen LogP contribution in [0.25, 0.3) is 0 Å². The molecule has 3 nitrogen and oxygen atoms in total. The van der Waals surface area contributed by atoms with Crippen LogP contribution in [-0.2, 0) is 0 Å². The Balaban J connectivity index is 2.50. The Bertz CT molecular complexity index is 730. The van der Waals surface area contributed by atoms with Gasteiger partial charge in [-0.15, -0.1) is 0 Å². The van der Waals surface area contributed by atoms with Crippen molar-refractivity contribution in [2.24, 2.45) is 4.99 Å². The van der Waals surface area contributed by atoms with Crippen molar-refractivity contribution < 1.29 is 4.79 Å². The van der Waals surface area contributed by atoms with Gasteiger partial charge in [-0.3, -0.25) is 9.79 Å². The van der Waals surface area contributed by atoms with Crippen molar-refractivity contribution in [3.63, 3.8) is 0 Å². The van der Waals surface area contributed by atoms with Gasteiger partial charge in [0, 0.05) is 6.92 Å². The van der Waals surface area contributed by atoms with Crippen LogP contribution in [-0.4, -0.2) is 16.5 Å². The molecule has 2 rings (SSSR count). The Kier molecular flexibility index (Phi) is 4.86. The van der Waals surface area contributed by atoms with Crippen LogP contribution in [0, 0.1) is 6.92 Å². The second-order valence-electron chi connectivity index (χ2n) is 5.83. The summed E-state index contributed by atoms with van der Waals surface area (Å²) in [7, 11) is 0. The first-order valence-electron chi connectivity index (χ1n) is 7.53. The number of nitrogens with zero attached hydrogens (tertiary/aromatic N) is 2. The molecule has 0 aliphatic heterocycles. The fourth-order valence-electron chi connectivity index (χ4n) is 2.36. The van der Waals surface area contributed by atoms with E-state index in [4.69, 9.17) is 4.99 Å². The fourth-order valence-corrected chi connectivity index (χ4v) is 2.36. The maximum Gasteiger partial charge on any atom is 0.178 e. The summed E-state index contributed by atoms with van der Waals surface area (Å²) >= 11 is 0. The van der Waals surface area contributed by atoms with Crippen molar-refractivity contribution in [2.75, 3.05) is 0 Å². The Morgan fingerprint density at radius 2 is 1.68 bits per heavy atom. The Labute approximate surface area is 132 Å². The van der Waals surface area contributed by atoms with Gasteiger partial charge in [-0.2, -0.15) is 0 Å². The normalized spacial score (nSPS) is 11.8. The first kappa shape index (κ1) is 16.1. The van der Waals surface area contributed by atoms with Gasteiger partial charge in [0.15, 0.2) is 5.78 Å². The molecule has 0 aliphatic rings. The zero-order chi connectivity index (χ0) is 16.3. The number of aromatic nitrogens is 1. The summed E-state index contributed by atoms with van der Waals surface area (Å²) in [6, 6.07) is 11.7. The van der Waals surface area contributed by atoms with E-state index in [-0.39, 0.29) is 5.78 Å². The summed E-state index contributed by atoms with van der Waals surface area (Å²) in [5, 5.41) is 0. The first-order chi connectivity index (χ1) is 10.4. The van der Waals surface area contributed by atoms with Gasteiger partial charge in [0.25, 0.3) is 0 Å². The van der Waals surface area contributed by atoms with Crippen molar-refractivity contribution in [2.45, 2.75) is 40.5 Å². The van der Waals surface area contributed by atoms with Crippen molar-refractivity contribution >= 4 is 17.2 Å². The van der Waals surface area contributed by atoms with Gasteiger partial charge < -0.3 is 0 Å². The summed E-state index contributed by atoms with van der Waals surface area (Å²) in [5.41, 5.74) is 5.41. The van der Waals surface area contributed by atoms with Crippen molar-refractivity contribution in [1.29, 1.82) is 0 Å². The molecular weight excluding hydrogens is 272 g/mol. The Morgan fingerprint density at radius 3 is 2.32 bits per heavy atom. The zero-order valence-electron chi connectivity index (χ0n) is 13.8. The van der Waals surface area contributed by atoms with E-state index in [2.05, 4.69) is 44.0 Å². The largest absolute Gasteiger partial charge is 0.293 e. The maximum absolute atomic E-state index is 11.5. The zero-order valence-corrected chi connectivity index (χ0v) is 13.8. The highest BCUT2D eigenvalue weighted by Crippen LogP contribution is 2.30. The van der Waals surface area contributed by atoms with Gasteiger partial charge in [0.1, 0.15) is 5.69 Å². The number of hydrogen-bond acceptors (Lipinski definition) is 3. The minimum atomic E-state index is -0.0339. The molecule has 0 bridgehead atoms. The van der Waals surface area contributed by atoms with Crippen LogP contribution < -0.4 is 0 Å². The predicted molar refractivity (Wildman–Crippen MR) is 91.4 cm³/mol. The lowest BCUT2D eigenvalue weighted by molar-refractivity contribution is 0.101. The van der Waals surface area contributed by atoms with Gasteiger partial charge in [-0.05, 0) is 43.0 Å². The third-order valence-electron chi connectivity index (χ3n) is 3.65. The molecule has 0 spiro atoms. The van der Waals surface area contributed by atoms with Crippen LogP contribution in [0.1, 0.15) is 60.9 Å². The second kappa shape index (κ2) is 6.65. The summed E-state index contributed by atoms with van der Waals surface area (Å²) in [5.74, 6) is 0.372. The number of carbonyl (C=O) groups excluding carboxylic acids is 1. The summed E-state index contributed by atoms with van der Waals surface area (Å²) < 4.78 is 0.